The van der Waals surface area contributed by atoms with Crippen molar-refractivity contribution in [1.29, 1.82) is 0 Å². The highest BCUT2D eigenvalue weighted by molar-refractivity contribution is 7.47. The van der Waals surface area contributed by atoms with Crippen LogP contribution in [0.1, 0.15) is 175 Å². The summed E-state index contributed by atoms with van der Waals surface area (Å²) in [4.78, 5) is 34.6. The Kier molecular flexibility index (Phi) is 36.8. The fourth-order valence-electron chi connectivity index (χ4n) is 5.31. The van der Waals surface area contributed by atoms with Crippen LogP contribution in [0.5, 0.6) is 0 Å². The summed E-state index contributed by atoms with van der Waals surface area (Å²) in [5, 5.41) is 0. The van der Waals surface area contributed by atoms with Crippen LogP contribution in [-0.2, 0) is 32.7 Å². The van der Waals surface area contributed by atoms with Gasteiger partial charge in [-0.25, -0.2) is 4.57 Å². The largest absolute Gasteiger partial charge is 0.472 e. The first-order valence-electron chi connectivity index (χ1n) is 20.6. The maximum Gasteiger partial charge on any atom is 0.472 e. The molecule has 52 heavy (non-hydrogen) atoms. The second kappa shape index (κ2) is 38.5. The molecule has 0 aliphatic carbocycles. The lowest BCUT2D eigenvalue weighted by atomic mass is 10.1. The summed E-state index contributed by atoms with van der Waals surface area (Å²) in [6.07, 6.45) is 45.6. The van der Waals surface area contributed by atoms with Crippen molar-refractivity contribution in [3.63, 3.8) is 0 Å². The molecule has 0 radical (unpaired) electrons. The minimum atomic E-state index is -4.28. The molecule has 0 saturated carbocycles. The molecule has 1 N–H and O–H groups in total. The van der Waals surface area contributed by atoms with Gasteiger partial charge in [-0.1, -0.05) is 145 Å². The minimum Gasteiger partial charge on any atom is -0.462 e. The van der Waals surface area contributed by atoms with E-state index in [0.29, 0.717) is 6.42 Å². The van der Waals surface area contributed by atoms with Crippen molar-refractivity contribution < 1.29 is 37.6 Å². The van der Waals surface area contributed by atoms with Gasteiger partial charge in [0.1, 0.15) is 6.61 Å². The molecule has 0 amide bonds. The summed E-state index contributed by atoms with van der Waals surface area (Å²) < 4.78 is 32.6. The van der Waals surface area contributed by atoms with Crippen molar-refractivity contribution >= 4 is 19.8 Å². The molecular formula is C43H75O8P. The van der Waals surface area contributed by atoms with E-state index in [4.69, 9.17) is 18.5 Å². The van der Waals surface area contributed by atoms with Crippen LogP contribution >= 0.6 is 7.82 Å². The number of phosphoric ester groups is 1. The summed E-state index contributed by atoms with van der Waals surface area (Å²) >= 11 is 0. The molecule has 0 spiro atoms. The van der Waals surface area contributed by atoms with Crippen molar-refractivity contribution in [2.24, 2.45) is 0 Å². The van der Waals surface area contributed by atoms with Gasteiger partial charge in [0.2, 0.25) is 0 Å². The molecule has 0 heterocycles. The summed E-state index contributed by atoms with van der Waals surface area (Å²) in [5.74, 6) is -0.823. The summed E-state index contributed by atoms with van der Waals surface area (Å²) in [6.45, 7) is 5.29. The number of ether oxygens (including phenoxy) is 2. The van der Waals surface area contributed by atoms with Gasteiger partial charge in [-0.2, -0.15) is 0 Å². The first kappa shape index (κ1) is 49.8. The van der Waals surface area contributed by atoms with E-state index in [-0.39, 0.29) is 32.0 Å². The number of hydrogen-bond acceptors (Lipinski definition) is 7. The molecular weight excluding hydrogens is 675 g/mol. The second-order valence-electron chi connectivity index (χ2n) is 13.3. The van der Waals surface area contributed by atoms with Gasteiger partial charge < -0.3 is 14.4 Å². The Bertz CT molecular complexity index is 1030. The van der Waals surface area contributed by atoms with E-state index in [9.17, 15) is 19.0 Å². The molecule has 0 aromatic rings. The lowest BCUT2D eigenvalue weighted by Crippen LogP contribution is -2.29. The third kappa shape index (κ3) is 37.5. The predicted octanol–water partition coefficient (Wildman–Crippen LogP) is 12.8. The average molecular weight is 751 g/mol. The Balaban J connectivity index is 4.10. The molecule has 0 aliphatic heterocycles. The Hall–Kier alpha value is -2.25. The van der Waals surface area contributed by atoms with E-state index in [1.165, 1.54) is 38.5 Å². The van der Waals surface area contributed by atoms with Crippen LogP contribution in [0.4, 0.5) is 0 Å². The number of hydrogen-bond donors (Lipinski definition) is 1. The van der Waals surface area contributed by atoms with Crippen LogP contribution in [-0.4, -0.2) is 42.8 Å². The Morgan fingerprint density at radius 2 is 0.981 bits per heavy atom. The molecule has 2 unspecified atom stereocenters. The number of phosphoric acid groups is 1. The number of unbranched alkanes of at least 4 members (excludes halogenated alkanes) is 15. The van der Waals surface area contributed by atoms with Crippen LogP contribution in [0, 0.1) is 0 Å². The summed E-state index contributed by atoms with van der Waals surface area (Å²) in [6, 6.07) is 0. The van der Waals surface area contributed by atoms with Gasteiger partial charge in [-0.15, -0.1) is 0 Å². The van der Waals surface area contributed by atoms with E-state index in [1.807, 2.05) is 0 Å². The maximum absolute atomic E-state index is 12.5. The van der Waals surface area contributed by atoms with Crippen molar-refractivity contribution in [3.05, 3.63) is 60.8 Å². The van der Waals surface area contributed by atoms with Crippen LogP contribution in [0.3, 0.4) is 0 Å². The molecule has 0 aromatic carbocycles. The lowest BCUT2D eigenvalue weighted by molar-refractivity contribution is -0.161. The number of allylic oxidation sites excluding steroid dienone is 10. The number of rotatable bonds is 37. The monoisotopic (exact) mass is 751 g/mol. The molecule has 9 heteroatoms. The van der Waals surface area contributed by atoms with E-state index in [0.717, 1.165) is 96.3 Å². The lowest BCUT2D eigenvalue weighted by Gasteiger charge is -2.19. The smallest absolute Gasteiger partial charge is 0.462 e. The van der Waals surface area contributed by atoms with Crippen molar-refractivity contribution in [3.8, 4) is 0 Å². The van der Waals surface area contributed by atoms with Gasteiger partial charge in [0.15, 0.2) is 6.10 Å². The van der Waals surface area contributed by atoms with Crippen LogP contribution < -0.4 is 0 Å². The van der Waals surface area contributed by atoms with Gasteiger partial charge in [-0.05, 0) is 77.6 Å². The zero-order valence-corrected chi connectivity index (χ0v) is 34.1. The first-order valence-corrected chi connectivity index (χ1v) is 22.1. The zero-order chi connectivity index (χ0) is 38.2. The molecule has 8 nitrogen and oxygen atoms in total. The minimum absolute atomic E-state index is 0.00505. The molecule has 0 rings (SSSR count). The van der Waals surface area contributed by atoms with E-state index < -0.39 is 26.5 Å². The molecule has 2 atom stereocenters. The van der Waals surface area contributed by atoms with Gasteiger partial charge in [0.05, 0.1) is 13.2 Å². The van der Waals surface area contributed by atoms with Crippen molar-refractivity contribution in [2.75, 3.05) is 19.8 Å². The number of carbonyl (C=O) groups excluding carboxylic acids is 2. The van der Waals surface area contributed by atoms with Gasteiger partial charge in [-0.3, -0.25) is 18.6 Å². The normalized spacial score (nSPS) is 14.0. The third-order valence-corrected chi connectivity index (χ3v) is 9.37. The van der Waals surface area contributed by atoms with Gasteiger partial charge in [0, 0.05) is 12.8 Å². The van der Waals surface area contributed by atoms with E-state index >= 15 is 0 Å². The number of carbonyl (C=O) groups is 2. The average Bonchev–Trinajstić information content (AvgIpc) is 3.12. The molecule has 0 bridgehead atoms. The molecule has 0 saturated heterocycles. The summed E-state index contributed by atoms with van der Waals surface area (Å²) in [7, 11) is -4.28. The Morgan fingerprint density at radius 3 is 1.50 bits per heavy atom. The highest BCUT2D eigenvalue weighted by atomic mass is 31.2. The SMILES string of the molecule is CC/C=C\C/C=C\C/C=C\C/C=C\CCCCCCCCCCC(=O)OC(COC(=O)CCCCCCC/C=C\CCCC)COP(=O)(O)OCC. The van der Waals surface area contributed by atoms with E-state index in [2.05, 4.69) is 74.6 Å². The Morgan fingerprint density at radius 1 is 0.538 bits per heavy atom. The number of esters is 2. The molecule has 0 aromatic heterocycles. The standard InChI is InChI=1S/C43H75O8P/c1-4-7-9-11-13-15-17-18-19-20-21-22-23-24-25-26-28-30-32-34-36-38-43(45)51-41(40-50-52(46,47)49-6-3)39-48-42(44)37-35-33-31-29-27-16-14-12-10-8-5-2/h7,9,12-15,18-19,21-22,41H,4-6,8,10-11,16-17,20,23-40H2,1-3H3,(H,46,47)/b9-7-,14-12-,15-13-,19-18-,22-21-. The predicted molar refractivity (Wildman–Crippen MR) is 216 cm³/mol. The first-order chi connectivity index (χ1) is 25.3. The van der Waals surface area contributed by atoms with Crippen LogP contribution in [0.25, 0.3) is 0 Å². The van der Waals surface area contributed by atoms with Crippen LogP contribution in [0.2, 0.25) is 0 Å². The van der Waals surface area contributed by atoms with Crippen molar-refractivity contribution in [2.45, 2.75) is 181 Å². The highest BCUT2D eigenvalue weighted by Crippen LogP contribution is 2.43. The fraction of sp³-hybridized carbons (Fsp3) is 0.721. The third-order valence-electron chi connectivity index (χ3n) is 8.31. The van der Waals surface area contributed by atoms with Crippen molar-refractivity contribution in [1.82, 2.24) is 0 Å². The summed E-state index contributed by atoms with van der Waals surface area (Å²) in [5.41, 5.74) is 0. The molecule has 0 fully saturated rings. The quantitative estimate of drug-likeness (QED) is 0.0289. The molecule has 0 aliphatic rings. The van der Waals surface area contributed by atoms with Gasteiger partial charge >= 0.3 is 19.8 Å². The Labute approximate surface area is 318 Å². The topological polar surface area (TPSA) is 108 Å². The fourth-order valence-corrected chi connectivity index (χ4v) is 6.06. The van der Waals surface area contributed by atoms with Crippen LogP contribution in [0.15, 0.2) is 60.8 Å². The maximum atomic E-state index is 12.5. The van der Waals surface area contributed by atoms with E-state index in [1.54, 1.807) is 6.92 Å². The van der Waals surface area contributed by atoms with Gasteiger partial charge in [0.25, 0.3) is 0 Å². The second-order valence-corrected chi connectivity index (χ2v) is 14.7. The molecule has 300 valence electrons. The highest BCUT2D eigenvalue weighted by Gasteiger charge is 2.25. The zero-order valence-electron chi connectivity index (χ0n) is 33.2.